The van der Waals surface area contributed by atoms with E-state index in [0.29, 0.717) is 17.0 Å². The summed E-state index contributed by atoms with van der Waals surface area (Å²) in [6, 6.07) is 3.28. The van der Waals surface area contributed by atoms with Gasteiger partial charge in [0.25, 0.3) is 0 Å². The Morgan fingerprint density at radius 3 is 2.94 bits per heavy atom. The van der Waals surface area contributed by atoms with E-state index in [4.69, 9.17) is 12.2 Å². The van der Waals surface area contributed by atoms with Crippen LogP contribution in [-0.4, -0.2) is 21.1 Å². The predicted octanol–water partition coefficient (Wildman–Crippen LogP) is 2.66. The van der Waals surface area contributed by atoms with Crippen LogP contribution in [0.1, 0.15) is 18.3 Å². The van der Waals surface area contributed by atoms with Crippen molar-refractivity contribution in [2.24, 2.45) is 5.10 Å². The molecule has 0 spiro atoms. The van der Waals surface area contributed by atoms with Crippen LogP contribution in [0.4, 0.5) is 8.78 Å². The highest BCUT2D eigenvalue weighted by atomic mass is 32.1. The van der Waals surface area contributed by atoms with Gasteiger partial charge in [-0.15, -0.1) is 0 Å². The van der Waals surface area contributed by atoms with Crippen molar-refractivity contribution in [2.75, 3.05) is 0 Å². The number of rotatable bonds is 3. The van der Waals surface area contributed by atoms with E-state index >= 15 is 0 Å². The molecule has 0 radical (unpaired) electrons. The summed E-state index contributed by atoms with van der Waals surface area (Å²) in [5.74, 6) is -0.663. The zero-order valence-electron chi connectivity index (χ0n) is 9.52. The van der Waals surface area contributed by atoms with Crippen molar-refractivity contribution in [1.29, 1.82) is 0 Å². The normalized spacial score (nSPS) is 11.3. The Kier molecular flexibility index (Phi) is 3.61. The fourth-order valence-electron chi connectivity index (χ4n) is 1.40. The number of aromatic amines is 1. The Morgan fingerprint density at radius 2 is 2.28 bits per heavy atom. The lowest BCUT2D eigenvalue weighted by Crippen LogP contribution is -1.98. The van der Waals surface area contributed by atoms with E-state index in [9.17, 15) is 8.78 Å². The Labute approximate surface area is 107 Å². The summed E-state index contributed by atoms with van der Waals surface area (Å²) >= 11 is 4.99. The number of aromatic nitrogens is 3. The van der Waals surface area contributed by atoms with Crippen LogP contribution in [0.3, 0.4) is 0 Å². The average molecular weight is 268 g/mol. The van der Waals surface area contributed by atoms with Crippen LogP contribution in [0.25, 0.3) is 0 Å². The molecule has 4 nitrogen and oxygen atoms in total. The van der Waals surface area contributed by atoms with Crippen LogP contribution in [0, 0.1) is 16.4 Å². The highest BCUT2D eigenvalue weighted by Crippen LogP contribution is 2.07. The number of H-pyrrole nitrogens is 1. The van der Waals surface area contributed by atoms with Gasteiger partial charge in [0.2, 0.25) is 4.77 Å². The van der Waals surface area contributed by atoms with E-state index in [1.165, 1.54) is 23.0 Å². The van der Waals surface area contributed by atoms with Gasteiger partial charge in [-0.25, -0.2) is 8.78 Å². The number of halogens is 2. The van der Waals surface area contributed by atoms with Gasteiger partial charge in [-0.1, -0.05) is 6.92 Å². The van der Waals surface area contributed by atoms with Crippen LogP contribution >= 0.6 is 12.2 Å². The first kappa shape index (κ1) is 12.6. The standard InChI is InChI=1S/C11H10F2N4S/c1-2-10-15-16-11(18)17(10)14-6-7-3-4-8(12)5-9(7)13/h3-6H,2H2,1H3,(H,16,18)/b14-6+. The Balaban J connectivity index is 2.35. The average Bonchev–Trinajstić information content (AvgIpc) is 2.69. The largest absolute Gasteiger partial charge is 0.250 e. The molecule has 0 amide bonds. The summed E-state index contributed by atoms with van der Waals surface area (Å²) in [6.07, 6.45) is 1.91. The fourth-order valence-corrected chi connectivity index (χ4v) is 1.60. The third-order valence-electron chi connectivity index (χ3n) is 2.31. The molecule has 1 aromatic carbocycles. The molecule has 7 heteroatoms. The quantitative estimate of drug-likeness (QED) is 0.687. The van der Waals surface area contributed by atoms with Gasteiger partial charge in [-0.05, 0) is 24.4 Å². The maximum Gasteiger partial charge on any atom is 0.216 e. The minimum atomic E-state index is -0.674. The number of aryl methyl sites for hydroxylation is 1. The van der Waals surface area contributed by atoms with Crippen molar-refractivity contribution in [3.63, 3.8) is 0 Å². The second-order valence-electron chi connectivity index (χ2n) is 3.52. The van der Waals surface area contributed by atoms with Gasteiger partial charge in [0.05, 0.1) is 6.21 Å². The highest BCUT2D eigenvalue weighted by molar-refractivity contribution is 7.71. The minimum Gasteiger partial charge on any atom is -0.250 e. The summed E-state index contributed by atoms with van der Waals surface area (Å²) in [5, 5.41) is 10.6. The molecule has 0 aliphatic rings. The molecule has 1 heterocycles. The molecular formula is C11H10F2N4S. The maximum absolute atomic E-state index is 13.4. The third-order valence-corrected chi connectivity index (χ3v) is 2.57. The van der Waals surface area contributed by atoms with E-state index in [1.54, 1.807) is 0 Å². The molecule has 94 valence electrons. The fraction of sp³-hybridized carbons (Fsp3) is 0.182. The van der Waals surface area contributed by atoms with Crippen LogP contribution in [-0.2, 0) is 6.42 Å². The van der Waals surface area contributed by atoms with Crippen LogP contribution in [0.5, 0.6) is 0 Å². The van der Waals surface area contributed by atoms with Gasteiger partial charge in [0, 0.05) is 18.1 Å². The van der Waals surface area contributed by atoms with Crippen molar-refractivity contribution in [2.45, 2.75) is 13.3 Å². The molecule has 2 aromatic rings. The summed E-state index contributed by atoms with van der Waals surface area (Å²) < 4.78 is 27.8. The topological polar surface area (TPSA) is 46.0 Å². The van der Waals surface area contributed by atoms with Gasteiger partial charge >= 0.3 is 0 Å². The van der Waals surface area contributed by atoms with E-state index in [-0.39, 0.29) is 5.56 Å². The monoisotopic (exact) mass is 268 g/mol. The molecule has 0 unspecified atom stereocenters. The number of nitrogens with zero attached hydrogens (tertiary/aromatic N) is 3. The second-order valence-corrected chi connectivity index (χ2v) is 3.91. The molecule has 2 rings (SSSR count). The lowest BCUT2D eigenvalue weighted by molar-refractivity contribution is 0.582. The first-order valence-corrected chi connectivity index (χ1v) is 5.68. The Bertz CT molecular complexity index is 645. The van der Waals surface area contributed by atoms with E-state index in [0.717, 1.165) is 6.07 Å². The zero-order chi connectivity index (χ0) is 13.1. The van der Waals surface area contributed by atoms with Crippen LogP contribution in [0.15, 0.2) is 23.3 Å². The smallest absolute Gasteiger partial charge is 0.216 e. The summed E-state index contributed by atoms with van der Waals surface area (Å²) in [4.78, 5) is 0. The molecule has 0 aliphatic heterocycles. The molecule has 0 saturated carbocycles. The number of hydrogen-bond donors (Lipinski definition) is 1. The first-order chi connectivity index (χ1) is 8.61. The lowest BCUT2D eigenvalue weighted by Gasteiger charge is -1.98. The molecule has 0 saturated heterocycles. The van der Waals surface area contributed by atoms with Crippen LogP contribution < -0.4 is 0 Å². The van der Waals surface area contributed by atoms with Gasteiger partial charge in [-0.2, -0.15) is 14.9 Å². The second kappa shape index (κ2) is 5.18. The van der Waals surface area contributed by atoms with Gasteiger partial charge in [0.1, 0.15) is 11.6 Å². The molecular weight excluding hydrogens is 258 g/mol. The SMILES string of the molecule is CCc1n[nH]c(=S)n1/N=C/c1ccc(F)cc1F. The zero-order valence-corrected chi connectivity index (χ0v) is 10.3. The molecule has 0 aliphatic carbocycles. The molecule has 0 bridgehead atoms. The number of benzene rings is 1. The lowest BCUT2D eigenvalue weighted by atomic mass is 10.2. The van der Waals surface area contributed by atoms with Crippen molar-refractivity contribution < 1.29 is 8.78 Å². The number of nitrogens with one attached hydrogen (secondary N) is 1. The summed E-state index contributed by atoms with van der Waals surface area (Å²) in [5.41, 5.74) is 0.182. The summed E-state index contributed by atoms with van der Waals surface area (Å²) in [6.45, 7) is 1.90. The van der Waals surface area contributed by atoms with Gasteiger partial charge in [0.15, 0.2) is 5.82 Å². The van der Waals surface area contributed by atoms with Crippen molar-refractivity contribution in [1.82, 2.24) is 14.9 Å². The van der Waals surface area contributed by atoms with Crippen molar-refractivity contribution >= 4 is 18.4 Å². The predicted molar refractivity (Wildman–Crippen MR) is 66.1 cm³/mol. The Morgan fingerprint density at radius 1 is 1.50 bits per heavy atom. The van der Waals surface area contributed by atoms with Gasteiger partial charge < -0.3 is 0 Å². The Hall–Kier alpha value is -1.89. The molecule has 1 N–H and O–H groups in total. The van der Waals surface area contributed by atoms with Gasteiger partial charge in [-0.3, -0.25) is 5.10 Å². The number of hydrogen-bond acceptors (Lipinski definition) is 3. The molecule has 1 aromatic heterocycles. The van der Waals surface area contributed by atoms with Crippen LogP contribution in [0.2, 0.25) is 0 Å². The molecule has 0 atom stereocenters. The first-order valence-electron chi connectivity index (χ1n) is 5.27. The van der Waals surface area contributed by atoms with Crippen molar-refractivity contribution in [3.05, 3.63) is 46.0 Å². The molecule has 0 fully saturated rings. The maximum atomic E-state index is 13.4. The summed E-state index contributed by atoms with van der Waals surface area (Å²) in [7, 11) is 0. The van der Waals surface area contributed by atoms with E-state index in [2.05, 4.69) is 15.3 Å². The molecule has 18 heavy (non-hydrogen) atoms. The van der Waals surface area contributed by atoms with Crippen molar-refractivity contribution in [3.8, 4) is 0 Å². The minimum absolute atomic E-state index is 0.182. The highest BCUT2D eigenvalue weighted by Gasteiger charge is 2.03. The van der Waals surface area contributed by atoms with E-state index in [1.807, 2.05) is 6.92 Å². The third kappa shape index (κ3) is 2.51. The van der Waals surface area contributed by atoms with E-state index < -0.39 is 11.6 Å².